The predicted molar refractivity (Wildman–Crippen MR) is 48.6 cm³/mol. The smallest absolute Gasteiger partial charge is 0.198 e. The van der Waals surface area contributed by atoms with Crippen LogP contribution < -0.4 is 0 Å². The van der Waals surface area contributed by atoms with E-state index in [4.69, 9.17) is 4.74 Å². The molecular formula is C9H14N2O2. The van der Waals surface area contributed by atoms with Gasteiger partial charge in [0.15, 0.2) is 11.6 Å². The zero-order valence-electron chi connectivity index (χ0n) is 7.99. The minimum atomic E-state index is 0.0737. The van der Waals surface area contributed by atoms with Gasteiger partial charge in [-0.1, -0.05) is 0 Å². The quantitative estimate of drug-likeness (QED) is 0.504. The average Bonchev–Trinajstić information content (AvgIpc) is 2.52. The van der Waals surface area contributed by atoms with E-state index in [1.54, 1.807) is 24.1 Å². The third-order valence-corrected chi connectivity index (χ3v) is 1.82. The number of hydrogen-bond acceptors (Lipinski definition) is 3. The molecule has 13 heavy (non-hydrogen) atoms. The fourth-order valence-corrected chi connectivity index (χ4v) is 1.12. The van der Waals surface area contributed by atoms with Crippen molar-refractivity contribution in [3.63, 3.8) is 0 Å². The van der Waals surface area contributed by atoms with Gasteiger partial charge in [0.1, 0.15) is 0 Å². The van der Waals surface area contributed by atoms with Crippen LogP contribution in [0.5, 0.6) is 0 Å². The van der Waals surface area contributed by atoms with Crippen LogP contribution in [-0.2, 0) is 11.8 Å². The lowest BCUT2D eigenvalue weighted by molar-refractivity contribution is 0.0950. The van der Waals surface area contributed by atoms with Gasteiger partial charge in [-0.15, -0.1) is 0 Å². The molecule has 0 atom stereocenters. The maximum absolute atomic E-state index is 11.5. The molecule has 1 aromatic heterocycles. The molecule has 0 amide bonds. The molecule has 0 aliphatic carbocycles. The molecule has 0 bridgehead atoms. The molecule has 0 unspecified atom stereocenters. The van der Waals surface area contributed by atoms with Crippen LogP contribution in [0.15, 0.2) is 12.4 Å². The van der Waals surface area contributed by atoms with Crippen molar-refractivity contribution in [2.45, 2.75) is 12.8 Å². The molecule has 1 rings (SSSR count). The van der Waals surface area contributed by atoms with Crippen LogP contribution in [0.2, 0.25) is 0 Å². The highest BCUT2D eigenvalue weighted by molar-refractivity contribution is 5.92. The number of ether oxygens (including phenoxy) is 1. The molecule has 0 aliphatic heterocycles. The topological polar surface area (TPSA) is 44.1 Å². The van der Waals surface area contributed by atoms with Gasteiger partial charge in [-0.25, -0.2) is 4.98 Å². The van der Waals surface area contributed by atoms with Crippen LogP contribution in [0.4, 0.5) is 0 Å². The van der Waals surface area contributed by atoms with Crippen LogP contribution in [0.25, 0.3) is 0 Å². The zero-order chi connectivity index (χ0) is 9.68. The second-order valence-electron chi connectivity index (χ2n) is 2.88. The van der Waals surface area contributed by atoms with E-state index in [1.165, 1.54) is 0 Å². The average molecular weight is 182 g/mol. The number of hydrogen-bond donors (Lipinski definition) is 0. The first-order valence-electron chi connectivity index (χ1n) is 4.25. The van der Waals surface area contributed by atoms with Gasteiger partial charge in [0, 0.05) is 39.6 Å². The fourth-order valence-electron chi connectivity index (χ4n) is 1.12. The molecular weight excluding hydrogens is 168 g/mol. The van der Waals surface area contributed by atoms with Crippen LogP contribution in [0.3, 0.4) is 0 Å². The monoisotopic (exact) mass is 182 g/mol. The summed E-state index contributed by atoms with van der Waals surface area (Å²) in [7, 11) is 3.45. The van der Waals surface area contributed by atoms with E-state index in [1.807, 2.05) is 7.05 Å². The van der Waals surface area contributed by atoms with E-state index in [0.29, 0.717) is 18.9 Å². The Labute approximate surface area is 77.5 Å². The fraction of sp³-hybridized carbons (Fsp3) is 0.556. The summed E-state index contributed by atoms with van der Waals surface area (Å²) in [5.41, 5.74) is 0. The summed E-state index contributed by atoms with van der Waals surface area (Å²) >= 11 is 0. The second kappa shape index (κ2) is 4.77. The van der Waals surface area contributed by atoms with Crippen molar-refractivity contribution in [2.75, 3.05) is 13.7 Å². The van der Waals surface area contributed by atoms with Gasteiger partial charge < -0.3 is 9.30 Å². The number of carbonyl (C=O) groups excluding carboxylic acids is 1. The Morgan fingerprint density at radius 2 is 2.46 bits per heavy atom. The van der Waals surface area contributed by atoms with E-state index < -0.39 is 0 Å². The zero-order valence-corrected chi connectivity index (χ0v) is 7.99. The maximum atomic E-state index is 11.5. The lowest BCUT2D eigenvalue weighted by Gasteiger charge is -2.00. The molecule has 4 heteroatoms. The molecule has 0 aliphatic rings. The Bertz CT molecular complexity index is 281. The van der Waals surface area contributed by atoms with Crippen molar-refractivity contribution >= 4 is 5.78 Å². The lowest BCUT2D eigenvalue weighted by Crippen LogP contribution is -2.07. The summed E-state index contributed by atoms with van der Waals surface area (Å²) in [6, 6.07) is 0. The van der Waals surface area contributed by atoms with Gasteiger partial charge in [-0.2, -0.15) is 0 Å². The minimum Gasteiger partial charge on any atom is -0.385 e. The Morgan fingerprint density at radius 1 is 1.69 bits per heavy atom. The molecule has 1 aromatic rings. The summed E-state index contributed by atoms with van der Waals surface area (Å²) in [4.78, 5) is 15.4. The molecule has 0 radical (unpaired) electrons. The highest BCUT2D eigenvalue weighted by atomic mass is 16.5. The van der Waals surface area contributed by atoms with Crippen LogP contribution >= 0.6 is 0 Å². The van der Waals surface area contributed by atoms with Crippen molar-refractivity contribution in [3.8, 4) is 0 Å². The lowest BCUT2D eigenvalue weighted by atomic mass is 10.2. The molecule has 4 nitrogen and oxygen atoms in total. The maximum Gasteiger partial charge on any atom is 0.198 e. The van der Waals surface area contributed by atoms with Crippen molar-refractivity contribution in [3.05, 3.63) is 18.2 Å². The Hall–Kier alpha value is -1.16. The third kappa shape index (κ3) is 2.66. The van der Waals surface area contributed by atoms with Gasteiger partial charge >= 0.3 is 0 Å². The Balaban J connectivity index is 2.45. The van der Waals surface area contributed by atoms with Crippen molar-refractivity contribution in [2.24, 2.45) is 7.05 Å². The number of methoxy groups -OCH3 is 1. The van der Waals surface area contributed by atoms with Crippen LogP contribution in [0, 0.1) is 0 Å². The first-order valence-corrected chi connectivity index (χ1v) is 4.25. The van der Waals surface area contributed by atoms with Gasteiger partial charge in [-0.3, -0.25) is 4.79 Å². The largest absolute Gasteiger partial charge is 0.385 e. The van der Waals surface area contributed by atoms with Gasteiger partial charge in [0.2, 0.25) is 0 Å². The molecule has 0 aromatic carbocycles. The SMILES string of the molecule is COCCCC(=O)c1nccn1C. The standard InChI is InChI=1S/C9H14N2O2/c1-11-6-5-10-9(11)8(12)4-3-7-13-2/h5-6H,3-4,7H2,1-2H3. The predicted octanol–water partition coefficient (Wildman–Crippen LogP) is 1.03. The van der Waals surface area contributed by atoms with E-state index in [0.717, 1.165) is 6.42 Å². The second-order valence-corrected chi connectivity index (χ2v) is 2.88. The van der Waals surface area contributed by atoms with Gasteiger partial charge in [0.05, 0.1) is 0 Å². The number of ketones is 1. The van der Waals surface area contributed by atoms with E-state index in [9.17, 15) is 4.79 Å². The van der Waals surface area contributed by atoms with Gasteiger partial charge in [-0.05, 0) is 6.42 Å². The first-order chi connectivity index (χ1) is 6.25. The van der Waals surface area contributed by atoms with Crippen molar-refractivity contribution in [1.82, 2.24) is 9.55 Å². The molecule has 72 valence electrons. The van der Waals surface area contributed by atoms with Crippen LogP contribution in [0.1, 0.15) is 23.5 Å². The molecule has 0 saturated heterocycles. The molecule has 0 fully saturated rings. The highest BCUT2D eigenvalue weighted by Gasteiger charge is 2.09. The highest BCUT2D eigenvalue weighted by Crippen LogP contribution is 2.01. The number of aromatic nitrogens is 2. The van der Waals surface area contributed by atoms with Crippen LogP contribution in [-0.4, -0.2) is 29.1 Å². The van der Waals surface area contributed by atoms with Gasteiger partial charge in [0.25, 0.3) is 0 Å². The van der Waals surface area contributed by atoms with Crippen molar-refractivity contribution < 1.29 is 9.53 Å². The Kier molecular flexibility index (Phi) is 3.64. The number of aryl methyl sites for hydroxylation is 1. The number of carbonyl (C=O) groups is 1. The van der Waals surface area contributed by atoms with E-state index in [-0.39, 0.29) is 5.78 Å². The third-order valence-electron chi connectivity index (χ3n) is 1.82. The van der Waals surface area contributed by atoms with E-state index in [2.05, 4.69) is 4.98 Å². The number of imidazole rings is 1. The minimum absolute atomic E-state index is 0.0737. The Morgan fingerprint density at radius 3 is 3.00 bits per heavy atom. The number of rotatable bonds is 5. The summed E-state index contributed by atoms with van der Waals surface area (Å²) in [6.07, 6.45) is 4.65. The summed E-state index contributed by atoms with van der Waals surface area (Å²) in [6.45, 7) is 0.621. The van der Waals surface area contributed by atoms with E-state index >= 15 is 0 Å². The molecule has 0 saturated carbocycles. The number of Topliss-reactive ketones (excluding diaryl/α,β-unsaturated/α-hetero) is 1. The molecule has 0 N–H and O–H groups in total. The summed E-state index contributed by atoms with van der Waals surface area (Å²) in [5.74, 6) is 0.598. The molecule has 0 spiro atoms. The summed E-state index contributed by atoms with van der Waals surface area (Å²) in [5, 5.41) is 0. The summed E-state index contributed by atoms with van der Waals surface area (Å²) < 4.78 is 6.59. The number of nitrogens with zero attached hydrogens (tertiary/aromatic N) is 2. The molecule has 1 heterocycles. The normalized spacial score (nSPS) is 10.3. The van der Waals surface area contributed by atoms with Crippen molar-refractivity contribution in [1.29, 1.82) is 0 Å². The first kappa shape index (κ1) is 9.92.